The van der Waals surface area contributed by atoms with Crippen LogP contribution in [-0.4, -0.2) is 13.7 Å². The topological polar surface area (TPSA) is 21.3 Å². The van der Waals surface area contributed by atoms with Crippen LogP contribution in [0.15, 0.2) is 48.5 Å². The molecular weight excluding hydrogens is 305 g/mol. The molecule has 0 atom stereocenters. The van der Waals surface area contributed by atoms with Crippen LogP contribution < -0.4 is 10.1 Å². The molecule has 2 aromatic rings. The van der Waals surface area contributed by atoms with Gasteiger partial charge in [0.15, 0.2) is 0 Å². The second kappa shape index (κ2) is 8.08. The van der Waals surface area contributed by atoms with E-state index in [9.17, 15) is 0 Å². The van der Waals surface area contributed by atoms with Gasteiger partial charge in [-0.2, -0.15) is 0 Å². The van der Waals surface area contributed by atoms with Crippen molar-refractivity contribution in [3.05, 3.63) is 69.7 Å². The molecule has 0 radical (unpaired) electrons. The molecule has 0 saturated carbocycles. The highest BCUT2D eigenvalue weighted by molar-refractivity contribution is 6.35. The predicted molar refractivity (Wildman–Crippen MR) is 90.2 cm³/mol. The van der Waals surface area contributed by atoms with Crippen LogP contribution in [0.3, 0.4) is 0 Å². The Kier molecular flexibility index (Phi) is 6.12. The Bertz CT molecular complexity index is 612. The van der Waals surface area contributed by atoms with Crippen LogP contribution in [0.4, 0.5) is 0 Å². The Labute approximate surface area is 135 Å². The van der Waals surface area contributed by atoms with Gasteiger partial charge in [0.1, 0.15) is 12.4 Å². The van der Waals surface area contributed by atoms with Gasteiger partial charge in [0.2, 0.25) is 0 Å². The molecule has 110 valence electrons. The van der Waals surface area contributed by atoms with Crippen molar-refractivity contribution in [1.82, 2.24) is 5.32 Å². The third kappa shape index (κ3) is 4.78. The lowest BCUT2D eigenvalue weighted by atomic mass is 10.2. The zero-order valence-corrected chi connectivity index (χ0v) is 13.3. The van der Waals surface area contributed by atoms with Gasteiger partial charge in [0, 0.05) is 17.1 Å². The van der Waals surface area contributed by atoms with Gasteiger partial charge < -0.3 is 10.1 Å². The molecule has 0 bridgehead atoms. The molecule has 2 aromatic carbocycles. The van der Waals surface area contributed by atoms with Gasteiger partial charge in [-0.1, -0.05) is 59.6 Å². The van der Waals surface area contributed by atoms with E-state index in [4.69, 9.17) is 27.9 Å². The molecule has 2 rings (SSSR count). The molecule has 0 spiro atoms. The normalized spacial score (nSPS) is 11.0. The SMILES string of the molecule is CNCc1cc(Cl)cc(Cl)c1OCC=Cc1ccccc1. The lowest BCUT2D eigenvalue weighted by molar-refractivity contribution is 0.359. The predicted octanol–water partition coefficient (Wildman–Crippen LogP) is 4.81. The summed E-state index contributed by atoms with van der Waals surface area (Å²) < 4.78 is 5.78. The maximum absolute atomic E-state index is 6.21. The van der Waals surface area contributed by atoms with E-state index in [0.29, 0.717) is 28.9 Å². The van der Waals surface area contributed by atoms with E-state index in [1.807, 2.05) is 55.6 Å². The Morgan fingerprint density at radius 1 is 1.14 bits per heavy atom. The average molecular weight is 322 g/mol. The highest BCUT2D eigenvalue weighted by atomic mass is 35.5. The zero-order chi connectivity index (χ0) is 15.1. The summed E-state index contributed by atoms with van der Waals surface area (Å²) in [6.07, 6.45) is 3.98. The number of benzene rings is 2. The van der Waals surface area contributed by atoms with E-state index in [1.165, 1.54) is 0 Å². The molecule has 0 heterocycles. The van der Waals surface area contributed by atoms with Crippen molar-refractivity contribution < 1.29 is 4.74 Å². The summed E-state index contributed by atoms with van der Waals surface area (Å²) >= 11 is 12.2. The van der Waals surface area contributed by atoms with Crippen LogP contribution in [0.1, 0.15) is 11.1 Å². The van der Waals surface area contributed by atoms with Crippen molar-refractivity contribution in [2.24, 2.45) is 0 Å². The van der Waals surface area contributed by atoms with Crippen LogP contribution in [0.2, 0.25) is 10.0 Å². The van der Waals surface area contributed by atoms with Gasteiger partial charge >= 0.3 is 0 Å². The smallest absolute Gasteiger partial charge is 0.142 e. The van der Waals surface area contributed by atoms with Crippen molar-refractivity contribution in [3.63, 3.8) is 0 Å². The Balaban J connectivity index is 2.04. The number of rotatable bonds is 6. The standard InChI is InChI=1S/C17H17Cl2NO/c1-20-12-14-10-15(18)11-16(19)17(14)21-9-5-8-13-6-3-2-4-7-13/h2-8,10-11,20H,9,12H2,1H3. The third-order valence-corrected chi connectivity index (χ3v) is 3.39. The molecule has 0 fully saturated rings. The van der Waals surface area contributed by atoms with E-state index in [1.54, 1.807) is 6.07 Å². The van der Waals surface area contributed by atoms with Crippen LogP contribution in [0.5, 0.6) is 5.75 Å². The molecular formula is C17H17Cl2NO. The van der Waals surface area contributed by atoms with Gasteiger partial charge in [-0.25, -0.2) is 0 Å². The van der Waals surface area contributed by atoms with Crippen LogP contribution in [-0.2, 0) is 6.54 Å². The molecule has 1 N–H and O–H groups in total. The van der Waals surface area contributed by atoms with Gasteiger partial charge in [0.25, 0.3) is 0 Å². The maximum Gasteiger partial charge on any atom is 0.142 e. The molecule has 4 heteroatoms. The lowest BCUT2D eigenvalue weighted by Gasteiger charge is -2.12. The molecule has 0 aliphatic carbocycles. The Morgan fingerprint density at radius 2 is 1.90 bits per heavy atom. The van der Waals surface area contributed by atoms with E-state index in [-0.39, 0.29) is 0 Å². The van der Waals surface area contributed by atoms with E-state index in [2.05, 4.69) is 5.32 Å². The van der Waals surface area contributed by atoms with Crippen molar-refractivity contribution >= 4 is 29.3 Å². The summed E-state index contributed by atoms with van der Waals surface area (Å²) in [6, 6.07) is 13.6. The van der Waals surface area contributed by atoms with Gasteiger partial charge in [-0.05, 0) is 30.8 Å². The first-order valence-corrected chi connectivity index (χ1v) is 7.43. The molecule has 0 amide bonds. The quantitative estimate of drug-likeness (QED) is 0.824. The summed E-state index contributed by atoms with van der Waals surface area (Å²) in [6.45, 7) is 1.10. The van der Waals surface area contributed by atoms with Crippen molar-refractivity contribution in [1.29, 1.82) is 0 Å². The number of nitrogens with one attached hydrogen (secondary N) is 1. The fourth-order valence-corrected chi connectivity index (χ4v) is 2.57. The summed E-state index contributed by atoms with van der Waals surface area (Å²) in [7, 11) is 1.87. The number of hydrogen-bond acceptors (Lipinski definition) is 2. The van der Waals surface area contributed by atoms with Gasteiger partial charge in [0.05, 0.1) is 5.02 Å². The van der Waals surface area contributed by atoms with Crippen molar-refractivity contribution in [2.45, 2.75) is 6.54 Å². The summed E-state index contributed by atoms with van der Waals surface area (Å²) in [5.74, 6) is 0.674. The highest BCUT2D eigenvalue weighted by Crippen LogP contribution is 2.32. The van der Waals surface area contributed by atoms with Crippen molar-refractivity contribution in [2.75, 3.05) is 13.7 Å². The van der Waals surface area contributed by atoms with E-state index >= 15 is 0 Å². The largest absolute Gasteiger partial charge is 0.488 e. The molecule has 0 aromatic heterocycles. The molecule has 2 nitrogen and oxygen atoms in total. The number of ether oxygens (including phenoxy) is 1. The second-order valence-corrected chi connectivity index (χ2v) is 5.37. The van der Waals surface area contributed by atoms with Crippen molar-refractivity contribution in [3.8, 4) is 5.75 Å². The van der Waals surface area contributed by atoms with Gasteiger partial charge in [-0.15, -0.1) is 0 Å². The first-order chi connectivity index (χ1) is 10.2. The first kappa shape index (κ1) is 15.9. The monoisotopic (exact) mass is 321 g/mol. The average Bonchev–Trinajstić information content (AvgIpc) is 2.47. The lowest BCUT2D eigenvalue weighted by Crippen LogP contribution is -2.08. The molecule has 0 saturated heterocycles. The first-order valence-electron chi connectivity index (χ1n) is 6.67. The van der Waals surface area contributed by atoms with E-state index in [0.717, 1.165) is 11.1 Å². The Hall–Kier alpha value is -1.48. The maximum atomic E-state index is 6.21. The molecule has 0 aliphatic rings. The van der Waals surface area contributed by atoms with Gasteiger partial charge in [-0.3, -0.25) is 0 Å². The fourth-order valence-electron chi connectivity index (χ4n) is 1.98. The summed E-state index contributed by atoms with van der Waals surface area (Å²) in [5, 5.41) is 4.22. The number of hydrogen-bond donors (Lipinski definition) is 1. The zero-order valence-electron chi connectivity index (χ0n) is 11.8. The highest BCUT2D eigenvalue weighted by Gasteiger charge is 2.09. The summed E-state index contributed by atoms with van der Waals surface area (Å²) in [4.78, 5) is 0. The number of halogens is 2. The Morgan fingerprint density at radius 3 is 2.62 bits per heavy atom. The molecule has 0 unspecified atom stereocenters. The fraction of sp³-hybridized carbons (Fsp3) is 0.176. The second-order valence-electron chi connectivity index (χ2n) is 4.53. The third-order valence-electron chi connectivity index (χ3n) is 2.89. The van der Waals surface area contributed by atoms with Crippen LogP contribution in [0.25, 0.3) is 6.08 Å². The summed E-state index contributed by atoms with van der Waals surface area (Å²) in [5.41, 5.74) is 2.09. The molecule has 0 aliphatic heterocycles. The van der Waals surface area contributed by atoms with Crippen LogP contribution >= 0.6 is 23.2 Å². The molecule has 21 heavy (non-hydrogen) atoms. The van der Waals surface area contributed by atoms with E-state index < -0.39 is 0 Å². The minimum atomic E-state index is 0.451. The van der Waals surface area contributed by atoms with Crippen LogP contribution in [0, 0.1) is 0 Å². The minimum absolute atomic E-state index is 0.451. The minimum Gasteiger partial charge on any atom is -0.488 e.